The van der Waals surface area contributed by atoms with E-state index in [1.165, 1.54) is 45.4 Å². The molecule has 2 heterocycles. The van der Waals surface area contributed by atoms with Crippen molar-refractivity contribution in [2.45, 2.75) is 51.1 Å². The van der Waals surface area contributed by atoms with Crippen molar-refractivity contribution in [2.24, 2.45) is 0 Å². The van der Waals surface area contributed by atoms with Crippen molar-refractivity contribution in [3.05, 3.63) is 0 Å². The van der Waals surface area contributed by atoms with Crippen molar-refractivity contribution in [3.8, 4) is 6.07 Å². The van der Waals surface area contributed by atoms with Crippen LogP contribution in [-0.2, 0) is 0 Å². The summed E-state index contributed by atoms with van der Waals surface area (Å²) in [6.07, 6.45) is 5.81. The smallest absolute Gasteiger partial charge is 0.0638 e. The summed E-state index contributed by atoms with van der Waals surface area (Å²) in [5, 5.41) is 8.87. The van der Waals surface area contributed by atoms with Crippen LogP contribution in [0.5, 0.6) is 0 Å². The Morgan fingerprint density at radius 1 is 1.31 bits per heavy atom. The molecule has 16 heavy (non-hydrogen) atoms. The normalized spacial score (nSPS) is 29.4. The molecule has 90 valence electrons. The number of hydrogen-bond acceptors (Lipinski definition) is 3. The molecular formula is C13H23N3. The zero-order valence-corrected chi connectivity index (χ0v) is 10.4. The van der Waals surface area contributed by atoms with Gasteiger partial charge in [0.25, 0.3) is 0 Å². The van der Waals surface area contributed by atoms with Gasteiger partial charge in [-0.15, -0.1) is 0 Å². The molecule has 0 radical (unpaired) electrons. The molecule has 0 aliphatic carbocycles. The molecule has 0 aromatic heterocycles. The fraction of sp³-hybridized carbons (Fsp3) is 0.923. The van der Waals surface area contributed by atoms with Gasteiger partial charge in [-0.2, -0.15) is 5.26 Å². The van der Waals surface area contributed by atoms with E-state index >= 15 is 0 Å². The minimum absolute atomic E-state index is 0.491. The molecule has 0 N–H and O–H groups in total. The van der Waals surface area contributed by atoms with E-state index in [0.717, 1.165) is 12.5 Å². The van der Waals surface area contributed by atoms with Crippen molar-refractivity contribution >= 4 is 0 Å². The van der Waals surface area contributed by atoms with Gasteiger partial charge in [0.05, 0.1) is 12.5 Å². The van der Waals surface area contributed by atoms with Crippen LogP contribution in [0.3, 0.4) is 0 Å². The van der Waals surface area contributed by atoms with Crippen LogP contribution in [0.15, 0.2) is 0 Å². The van der Waals surface area contributed by atoms with Gasteiger partial charge in [-0.3, -0.25) is 9.80 Å². The molecule has 2 aliphatic rings. The van der Waals surface area contributed by atoms with E-state index < -0.39 is 0 Å². The maximum atomic E-state index is 8.87. The number of nitriles is 1. The van der Waals surface area contributed by atoms with Crippen LogP contribution in [0.4, 0.5) is 0 Å². The molecule has 0 aromatic carbocycles. The lowest BCUT2D eigenvalue weighted by Gasteiger charge is -2.30. The van der Waals surface area contributed by atoms with Gasteiger partial charge in [-0.25, -0.2) is 0 Å². The van der Waals surface area contributed by atoms with Crippen LogP contribution in [0, 0.1) is 11.3 Å². The van der Waals surface area contributed by atoms with Gasteiger partial charge >= 0.3 is 0 Å². The first-order valence-corrected chi connectivity index (χ1v) is 6.70. The molecule has 2 atom stereocenters. The number of nitrogens with zero attached hydrogens (tertiary/aromatic N) is 3. The van der Waals surface area contributed by atoms with Crippen LogP contribution >= 0.6 is 0 Å². The molecule has 0 amide bonds. The molecule has 0 saturated carbocycles. The monoisotopic (exact) mass is 221 g/mol. The van der Waals surface area contributed by atoms with Gasteiger partial charge in [-0.1, -0.05) is 6.92 Å². The van der Waals surface area contributed by atoms with Gasteiger partial charge in [0.2, 0.25) is 0 Å². The third-order valence-corrected chi connectivity index (χ3v) is 4.15. The van der Waals surface area contributed by atoms with Gasteiger partial charge in [0, 0.05) is 18.6 Å². The summed E-state index contributed by atoms with van der Waals surface area (Å²) >= 11 is 0. The molecule has 2 rings (SSSR count). The Kier molecular flexibility index (Phi) is 4.20. The summed E-state index contributed by atoms with van der Waals surface area (Å²) in [5.74, 6) is 0. The van der Waals surface area contributed by atoms with Crippen molar-refractivity contribution in [1.82, 2.24) is 9.80 Å². The maximum Gasteiger partial charge on any atom is 0.0638 e. The summed E-state index contributed by atoms with van der Waals surface area (Å²) in [7, 11) is 0. The standard InChI is InChI=1S/C13H23N3/c1-2-12(6-7-14)16-10-4-9-15-8-3-5-13(15)11-16/h12-13H,2-6,8-11H2,1H3. The first kappa shape index (κ1) is 11.9. The lowest BCUT2D eigenvalue weighted by atomic mass is 10.1. The van der Waals surface area contributed by atoms with E-state index in [2.05, 4.69) is 22.8 Å². The number of rotatable bonds is 3. The Balaban J connectivity index is 1.96. The van der Waals surface area contributed by atoms with Crippen molar-refractivity contribution < 1.29 is 0 Å². The molecule has 0 bridgehead atoms. The van der Waals surface area contributed by atoms with E-state index in [-0.39, 0.29) is 0 Å². The Bertz CT molecular complexity index is 258. The molecule has 2 saturated heterocycles. The fourth-order valence-electron chi connectivity index (χ4n) is 3.20. The van der Waals surface area contributed by atoms with Crippen LogP contribution in [0.25, 0.3) is 0 Å². The predicted molar refractivity (Wildman–Crippen MR) is 65.1 cm³/mol. The Morgan fingerprint density at radius 3 is 2.88 bits per heavy atom. The van der Waals surface area contributed by atoms with Gasteiger partial charge in [-0.05, 0) is 45.3 Å². The minimum atomic E-state index is 0.491. The minimum Gasteiger partial charge on any atom is -0.299 e. The first-order valence-electron chi connectivity index (χ1n) is 6.70. The predicted octanol–water partition coefficient (Wildman–Crippen LogP) is 1.85. The summed E-state index contributed by atoms with van der Waals surface area (Å²) in [4.78, 5) is 5.22. The van der Waals surface area contributed by atoms with Crippen LogP contribution in [0.2, 0.25) is 0 Å². The Hall–Kier alpha value is -0.590. The van der Waals surface area contributed by atoms with E-state index in [9.17, 15) is 0 Å². The quantitative estimate of drug-likeness (QED) is 0.728. The van der Waals surface area contributed by atoms with Crippen molar-refractivity contribution in [3.63, 3.8) is 0 Å². The highest BCUT2D eigenvalue weighted by Gasteiger charge is 2.30. The second kappa shape index (κ2) is 5.65. The van der Waals surface area contributed by atoms with Crippen LogP contribution in [-0.4, -0.2) is 48.1 Å². The van der Waals surface area contributed by atoms with E-state index in [1.807, 2.05) is 0 Å². The molecule has 2 unspecified atom stereocenters. The average molecular weight is 221 g/mol. The summed E-state index contributed by atoms with van der Waals surface area (Å²) < 4.78 is 0. The topological polar surface area (TPSA) is 30.3 Å². The number of hydrogen-bond donors (Lipinski definition) is 0. The molecule has 0 spiro atoms. The Labute approximate surface area is 99.0 Å². The van der Waals surface area contributed by atoms with Crippen LogP contribution in [0.1, 0.15) is 39.0 Å². The molecule has 3 nitrogen and oxygen atoms in total. The fourth-order valence-corrected chi connectivity index (χ4v) is 3.20. The zero-order chi connectivity index (χ0) is 11.4. The van der Waals surface area contributed by atoms with Gasteiger partial charge in [0.1, 0.15) is 0 Å². The van der Waals surface area contributed by atoms with E-state index in [4.69, 9.17) is 5.26 Å². The molecule has 0 aromatic rings. The molecule has 3 heteroatoms. The van der Waals surface area contributed by atoms with Gasteiger partial charge < -0.3 is 0 Å². The third kappa shape index (κ3) is 2.56. The SMILES string of the molecule is CCC(CC#N)N1CCCN2CCCC2C1. The summed E-state index contributed by atoms with van der Waals surface area (Å²) in [6, 6.07) is 3.61. The zero-order valence-electron chi connectivity index (χ0n) is 10.4. The van der Waals surface area contributed by atoms with Crippen LogP contribution < -0.4 is 0 Å². The van der Waals surface area contributed by atoms with Crippen molar-refractivity contribution in [2.75, 3.05) is 26.2 Å². The molecule has 2 aliphatic heterocycles. The molecule has 2 fully saturated rings. The molecular weight excluding hydrogens is 198 g/mol. The highest BCUT2D eigenvalue weighted by molar-refractivity contribution is 4.89. The maximum absolute atomic E-state index is 8.87. The second-order valence-electron chi connectivity index (χ2n) is 5.10. The van der Waals surface area contributed by atoms with E-state index in [1.54, 1.807) is 0 Å². The largest absolute Gasteiger partial charge is 0.299 e. The Morgan fingerprint density at radius 2 is 2.12 bits per heavy atom. The highest BCUT2D eigenvalue weighted by atomic mass is 15.3. The average Bonchev–Trinajstić information content (AvgIpc) is 2.64. The lowest BCUT2D eigenvalue weighted by molar-refractivity contribution is 0.170. The second-order valence-corrected chi connectivity index (χ2v) is 5.10. The van der Waals surface area contributed by atoms with Crippen molar-refractivity contribution in [1.29, 1.82) is 5.26 Å². The van der Waals surface area contributed by atoms with E-state index in [0.29, 0.717) is 12.5 Å². The summed E-state index contributed by atoms with van der Waals surface area (Å²) in [6.45, 7) is 7.16. The third-order valence-electron chi connectivity index (χ3n) is 4.15. The lowest BCUT2D eigenvalue weighted by Crippen LogP contribution is -2.41. The first-order chi connectivity index (χ1) is 7.85. The van der Waals surface area contributed by atoms with Gasteiger partial charge in [0.15, 0.2) is 0 Å². The number of fused-ring (bicyclic) bond motifs is 1. The summed E-state index contributed by atoms with van der Waals surface area (Å²) in [5.41, 5.74) is 0. The highest BCUT2D eigenvalue weighted by Crippen LogP contribution is 2.23.